The number of hydrogen-bond donors (Lipinski definition) is 0. The average molecular weight is 134 g/mol. The summed E-state index contributed by atoms with van der Waals surface area (Å²) < 4.78 is 0. The second-order valence-electron chi connectivity index (χ2n) is 3.05. The average Bonchev–Trinajstić information content (AvgIpc) is 2.46. The molecule has 3 unspecified atom stereocenters. The summed E-state index contributed by atoms with van der Waals surface area (Å²) in [5.74, 6) is 1.25. The number of ketones is 1. The van der Waals surface area contributed by atoms with Gasteiger partial charge in [0.05, 0.1) is 0 Å². The minimum atomic E-state index is 0.183. The predicted molar refractivity (Wildman–Crippen MR) is 39.4 cm³/mol. The number of allylic oxidation sites excluding steroid dienone is 3. The van der Waals surface area contributed by atoms with Crippen molar-refractivity contribution in [1.29, 1.82) is 0 Å². The van der Waals surface area contributed by atoms with Gasteiger partial charge in [0.25, 0.3) is 0 Å². The van der Waals surface area contributed by atoms with Crippen LogP contribution in [-0.4, -0.2) is 5.78 Å². The Hall–Kier alpha value is -0.850. The number of rotatable bonds is 1. The van der Waals surface area contributed by atoms with Crippen molar-refractivity contribution in [2.45, 2.75) is 6.42 Å². The van der Waals surface area contributed by atoms with Crippen LogP contribution in [0.2, 0.25) is 0 Å². The molecule has 1 heteroatoms. The van der Waals surface area contributed by atoms with Crippen LogP contribution in [-0.2, 0) is 4.79 Å². The van der Waals surface area contributed by atoms with Crippen molar-refractivity contribution in [3.8, 4) is 0 Å². The molecule has 2 bridgehead atoms. The Kier molecular flexibility index (Phi) is 1.07. The maximum absolute atomic E-state index is 11.2. The first-order valence-electron chi connectivity index (χ1n) is 3.67. The van der Waals surface area contributed by atoms with E-state index in [4.69, 9.17) is 0 Å². The number of hydrogen-bond acceptors (Lipinski definition) is 1. The van der Waals surface area contributed by atoms with Crippen molar-refractivity contribution in [3.63, 3.8) is 0 Å². The highest BCUT2D eigenvalue weighted by molar-refractivity contribution is 5.92. The predicted octanol–water partition coefficient (Wildman–Crippen LogP) is 1.56. The highest BCUT2D eigenvalue weighted by Crippen LogP contribution is 2.40. The van der Waals surface area contributed by atoms with Gasteiger partial charge in [0.1, 0.15) is 5.78 Å². The number of fused-ring (bicyclic) bond motifs is 2. The Morgan fingerprint density at radius 2 is 2.40 bits per heavy atom. The van der Waals surface area contributed by atoms with Gasteiger partial charge < -0.3 is 0 Å². The summed E-state index contributed by atoms with van der Waals surface area (Å²) in [5, 5.41) is 0. The maximum Gasteiger partial charge on any atom is 0.147 e. The van der Waals surface area contributed by atoms with Crippen molar-refractivity contribution in [2.75, 3.05) is 0 Å². The zero-order chi connectivity index (χ0) is 7.14. The summed E-state index contributed by atoms with van der Waals surface area (Å²) in [5.41, 5.74) is 0. The lowest BCUT2D eigenvalue weighted by atomic mass is 9.94. The van der Waals surface area contributed by atoms with E-state index in [0.717, 1.165) is 6.42 Å². The van der Waals surface area contributed by atoms with Crippen LogP contribution in [0.5, 0.6) is 0 Å². The molecule has 1 saturated carbocycles. The van der Waals surface area contributed by atoms with E-state index in [0.29, 0.717) is 11.7 Å². The summed E-state index contributed by atoms with van der Waals surface area (Å²) in [4.78, 5) is 11.2. The molecule has 0 aromatic carbocycles. The first kappa shape index (κ1) is 5.90. The van der Waals surface area contributed by atoms with Gasteiger partial charge in [-0.15, -0.1) is 6.58 Å². The molecule has 0 amide bonds. The van der Waals surface area contributed by atoms with E-state index >= 15 is 0 Å². The van der Waals surface area contributed by atoms with E-state index in [-0.39, 0.29) is 11.8 Å². The van der Waals surface area contributed by atoms with Gasteiger partial charge in [0, 0.05) is 11.8 Å². The fourth-order valence-electron chi connectivity index (χ4n) is 1.92. The molecule has 1 fully saturated rings. The van der Waals surface area contributed by atoms with Gasteiger partial charge in [-0.25, -0.2) is 0 Å². The van der Waals surface area contributed by atoms with Crippen LogP contribution < -0.4 is 0 Å². The Morgan fingerprint density at radius 3 is 2.70 bits per heavy atom. The molecule has 0 aromatic rings. The summed E-state index contributed by atoms with van der Waals surface area (Å²) in [6.45, 7) is 3.71. The largest absolute Gasteiger partial charge is 0.298 e. The third kappa shape index (κ3) is 0.551. The zero-order valence-electron chi connectivity index (χ0n) is 5.79. The van der Waals surface area contributed by atoms with Crippen LogP contribution in [0.1, 0.15) is 6.42 Å². The van der Waals surface area contributed by atoms with Crippen LogP contribution in [0, 0.1) is 17.8 Å². The molecule has 1 nitrogen and oxygen atoms in total. The molecule has 0 aliphatic heterocycles. The van der Waals surface area contributed by atoms with E-state index < -0.39 is 0 Å². The minimum Gasteiger partial charge on any atom is -0.298 e. The van der Waals surface area contributed by atoms with Crippen LogP contribution in [0.15, 0.2) is 24.8 Å². The molecule has 0 saturated heterocycles. The minimum absolute atomic E-state index is 0.183. The number of carbonyl (C=O) groups excluding carboxylic acids is 1. The smallest absolute Gasteiger partial charge is 0.147 e. The highest BCUT2D eigenvalue weighted by Gasteiger charge is 2.41. The fourth-order valence-corrected chi connectivity index (χ4v) is 1.92. The molecule has 52 valence electrons. The summed E-state index contributed by atoms with van der Waals surface area (Å²) in [7, 11) is 0. The first-order valence-corrected chi connectivity index (χ1v) is 3.67. The standard InChI is InChI=1S/C9H10O/c1-2-6-5-7-3-4-8(6)9(7)10/h2-4,6-8H,1,5H2. The van der Waals surface area contributed by atoms with Crippen LogP contribution in [0.3, 0.4) is 0 Å². The highest BCUT2D eigenvalue weighted by atomic mass is 16.1. The van der Waals surface area contributed by atoms with E-state index in [1.165, 1.54) is 0 Å². The topological polar surface area (TPSA) is 17.1 Å². The van der Waals surface area contributed by atoms with Gasteiger partial charge in [0.2, 0.25) is 0 Å². The van der Waals surface area contributed by atoms with Crippen LogP contribution in [0.4, 0.5) is 0 Å². The normalized spacial score (nSPS) is 42.8. The van der Waals surface area contributed by atoms with Gasteiger partial charge in [-0.1, -0.05) is 18.2 Å². The third-order valence-corrected chi connectivity index (χ3v) is 2.53. The molecule has 0 radical (unpaired) electrons. The fraction of sp³-hybridized carbons (Fsp3) is 0.444. The summed E-state index contributed by atoms with van der Waals surface area (Å²) in [6.07, 6.45) is 6.98. The molecule has 0 aromatic heterocycles. The molecule has 0 N–H and O–H groups in total. The number of Topliss-reactive ketones (excluding diaryl/α,β-unsaturated/α-hetero) is 1. The SMILES string of the molecule is C=CC1CC2C=CC1C2=O. The lowest BCUT2D eigenvalue weighted by molar-refractivity contribution is -0.120. The molecule has 3 atom stereocenters. The molecule has 2 aliphatic carbocycles. The van der Waals surface area contributed by atoms with Gasteiger partial charge >= 0.3 is 0 Å². The van der Waals surface area contributed by atoms with Crippen molar-refractivity contribution in [2.24, 2.45) is 17.8 Å². The lowest BCUT2D eigenvalue weighted by Gasteiger charge is -2.09. The van der Waals surface area contributed by atoms with E-state index in [1.807, 2.05) is 18.2 Å². The van der Waals surface area contributed by atoms with E-state index in [2.05, 4.69) is 6.58 Å². The van der Waals surface area contributed by atoms with Gasteiger partial charge in [-0.2, -0.15) is 0 Å². The van der Waals surface area contributed by atoms with Gasteiger partial charge in [0.15, 0.2) is 0 Å². The third-order valence-electron chi connectivity index (χ3n) is 2.53. The second kappa shape index (κ2) is 1.82. The summed E-state index contributed by atoms with van der Waals surface area (Å²) in [6, 6.07) is 0. The van der Waals surface area contributed by atoms with Gasteiger partial charge in [-0.3, -0.25) is 4.79 Å². The Bertz CT molecular complexity index is 215. The zero-order valence-corrected chi connectivity index (χ0v) is 5.79. The first-order chi connectivity index (χ1) is 4.83. The number of carbonyl (C=O) groups is 1. The molecule has 0 spiro atoms. The van der Waals surface area contributed by atoms with Crippen LogP contribution in [0.25, 0.3) is 0 Å². The van der Waals surface area contributed by atoms with Crippen molar-refractivity contribution >= 4 is 5.78 Å². The lowest BCUT2D eigenvalue weighted by Crippen LogP contribution is -2.07. The molecular formula is C9H10O. The Balaban J connectivity index is 2.31. The Labute approximate surface area is 60.4 Å². The van der Waals surface area contributed by atoms with E-state index in [1.54, 1.807) is 0 Å². The van der Waals surface area contributed by atoms with E-state index in [9.17, 15) is 4.79 Å². The quantitative estimate of drug-likeness (QED) is 0.497. The van der Waals surface area contributed by atoms with Crippen LogP contribution >= 0.6 is 0 Å². The molecule has 2 rings (SSSR count). The van der Waals surface area contributed by atoms with Crippen molar-refractivity contribution in [3.05, 3.63) is 24.8 Å². The molecular weight excluding hydrogens is 124 g/mol. The molecule has 2 aliphatic rings. The summed E-state index contributed by atoms with van der Waals surface area (Å²) >= 11 is 0. The maximum atomic E-state index is 11.2. The Morgan fingerprint density at radius 1 is 1.60 bits per heavy atom. The van der Waals surface area contributed by atoms with Crippen molar-refractivity contribution < 1.29 is 4.79 Å². The molecule has 0 heterocycles. The van der Waals surface area contributed by atoms with Crippen molar-refractivity contribution in [1.82, 2.24) is 0 Å². The monoisotopic (exact) mass is 134 g/mol. The van der Waals surface area contributed by atoms with Gasteiger partial charge in [-0.05, 0) is 12.3 Å². The molecule has 10 heavy (non-hydrogen) atoms. The second-order valence-corrected chi connectivity index (χ2v) is 3.05.